The van der Waals surface area contributed by atoms with Gasteiger partial charge in [0.2, 0.25) is 10.0 Å². The van der Waals surface area contributed by atoms with Crippen LogP contribution < -0.4 is 0 Å². The molecule has 0 aliphatic carbocycles. The Morgan fingerprint density at radius 3 is 2.33 bits per heavy atom. The summed E-state index contributed by atoms with van der Waals surface area (Å²) in [5.41, 5.74) is 0.00775. The number of aryl methyl sites for hydroxylation is 1. The number of aromatic nitrogens is 1. The highest BCUT2D eigenvalue weighted by Crippen LogP contribution is 2.22. The van der Waals surface area contributed by atoms with Crippen molar-refractivity contribution in [1.82, 2.24) is 8.87 Å². The highest BCUT2D eigenvalue weighted by atomic mass is 32.2. The number of rotatable bonds is 8. The maximum atomic E-state index is 12.6. The zero-order valence-electron chi connectivity index (χ0n) is 13.0. The molecule has 1 rings (SSSR count). The second-order valence-electron chi connectivity index (χ2n) is 5.05. The van der Waals surface area contributed by atoms with Crippen LogP contribution in [0.25, 0.3) is 0 Å². The lowest BCUT2D eigenvalue weighted by atomic mass is 10.2. The number of carbonyl (C=O) groups is 1. The minimum Gasteiger partial charge on any atom is -0.477 e. The Labute approximate surface area is 126 Å². The van der Waals surface area contributed by atoms with Crippen molar-refractivity contribution in [3.8, 4) is 0 Å². The summed E-state index contributed by atoms with van der Waals surface area (Å²) in [6.07, 6.45) is 3.58. The summed E-state index contributed by atoms with van der Waals surface area (Å²) in [5.74, 6) is -1.12. The second-order valence-corrected chi connectivity index (χ2v) is 7.05. The molecule has 1 aromatic heterocycles. The van der Waals surface area contributed by atoms with Gasteiger partial charge in [-0.1, -0.05) is 20.8 Å². The standard InChI is InChI=1S/C14H24N2O4S/c1-5-8-16-10-12(9-13(16)14(17)18)21(19,20)15(4)11(6-2)7-3/h9-11H,5-8H2,1-4H3,(H,17,18). The van der Waals surface area contributed by atoms with Crippen LogP contribution in [0.4, 0.5) is 0 Å². The molecule has 0 saturated carbocycles. The highest BCUT2D eigenvalue weighted by molar-refractivity contribution is 7.89. The van der Waals surface area contributed by atoms with E-state index in [0.29, 0.717) is 19.4 Å². The average Bonchev–Trinajstić information content (AvgIpc) is 2.85. The van der Waals surface area contributed by atoms with Crippen molar-refractivity contribution < 1.29 is 18.3 Å². The molecule has 1 heterocycles. The maximum absolute atomic E-state index is 12.6. The molecule has 0 spiro atoms. The first kappa shape index (κ1) is 17.7. The molecule has 0 aliphatic heterocycles. The summed E-state index contributed by atoms with van der Waals surface area (Å²) in [6.45, 7) is 6.26. The Hall–Kier alpha value is -1.34. The molecule has 6 nitrogen and oxygen atoms in total. The molecule has 120 valence electrons. The molecule has 0 aromatic carbocycles. The predicted molar refractivity (Wildman–Crippen MR) is 81.0 cm³/mol. The Kier molecular flexibility index (Phi) is 5.98. The number of hydrogen-bond acceptors (Lipinski definition) is 3. The molecular weight excluding hydrogens is 292 g/mol. The SMILES string of the molecule is CCCn1cc(S(=O)(=O)N(C)C(CC)CC)cc1C(=O)O. The summed E-state index contributed by atoms with van der Waals surface area (Å²) in [5, 5.41) is 9.18. The van der Waals surface area contributed by atoms with E-state index in [2.05, 4.69) is 0 Å². The lowest BCUT2D eigenvalue weighted by molar-refractivity contribution is 0.0685. The lowest BCUT2D eigenvalue weighted by Gasteiger charge is -2.24. The van der Waals surface area contributed by atoms with E-state index in [9.17, 15) is 18.3 Å². The summed E-state index contributed by atoms with van der Waals surface area (Å²) < 4.78 is 28.0. The molecule has 0 atom stereocenters. The molecule has 1 aromatic rings. The van der Waals surface area contributed by atoms with Crippen molar-refractivity contribution in [1.29, 1.82) is 0 Å². The molecule has 21 heavy (non-hydrogen) atoms. The van der Waals surface area contributed by atoms with Crippen LogP contribution in [0.3, 0.4) is 0 Å². The highest BCUT2D eigenvalue weighted by Gasteiger charge is 2.28. The van der Waals surface area contributed by atoms with E-state index in [4.69, 9.17) is 0 Å². The fourth-order valence-electron chi connectivity index (χ4n) is 2.40. The van der Waals surface area contributed by atoms with Crippen LogP contribution in [-0.4, -0.2) is 41.5 Å². The number of carboxylic acid groups (broad SMARTS) is 1. The summed E-state index contributed by atoms with van der Waals surface area (Å²) in [4.78, 5) is 11.3. The minimum atomic E-state index is -3.67. The third-order valence-electron chi connectivity index (χ3n) is 3.69. The molecule has 0 radical (unpaired) electrons. The maximum Gasteiger partial charge on any atom is 0.352 e. The Morgan fingerprint density at radius 1 is 1.33 bits per heavy atom. The predicted octanol–water partition coefficient (Wildman–Crippen LogP) is 2.41. The largest absolute Gasteiger partial charge is 0.477 e. The molecule has 0 saturated heterocycles. The van der Waals surface area contributed by atoms with Gasteiger partial charge >= 0.3 is 5.97 Å². The van der Waals surface area contributed by atoms with Crippen molar-refractivity contribution in [2.75, 3.05) is 7.05 Å². The van der Waals surface area contributed by atoms with Crippen LogP contribution in [-0.2, 0) is 16.6 Å². The number of nitrogens with zero attached hydrogens (tertiary/aromatic N) is 2. The molecule has 0 fully saturated rings. The van der Waals surface area contributed by atoms with Gasteiger partial charge in [-0.05, 0) is 25.3 Å². The van der Waals surface area contributed by atoms with Gasteiger partial charge in [-0.25, -0.2) is 13.2 Å². The van der Waals surface area contributed by atoms with Crippen LogP contribution in [0.5, 0.6) is 0 Å². The van der Waals surface area contributed by atoms with Crippen LogP contribution >= 0.6 is 0 Å². The lowest BCUT2D eigenvalue weighted by Crippen LogP contribution is -2.36. The second kappa shape index (κ2) is 7.09. The number of sulfonamides is 1. The average molecular weight is 316 g/mol. The van der Waals surface area contributed by atoms with Crippen molar-refractivity contribution in [3.05, 3.63) is 18.0 Å². The van der Waals surface area contributed by atoms with E-state index in [1.165, 1.54) is 21.1 Å². The van der Waals surface area contributed by atoms with E-state index in [0.717, 1.165) is 6.42 Å². The Bertz CT molecular complexity index is 588. The van der Waals surface area contributed by atoms with Crippen molar-refractivity contribution in [2.24, 2.45) is 0 Å². The summed E-state index contributed by atoms with van der Waals surface area (Å²) in [7, 11) is -2.12. The molecule has 7 heteroatoms. The quantitative estimate of drug-likeness (QED) is 0.798. The van der Waals surface area contributed by atoms with Crippen molar-refractivity contribution >= 4 is 16.0 Å². The van der Waals surface area contributed by atoms with Crippen molar-refractivity contribution in [2.45, 2.75) is 57.5 Å². The molecule has 1 N–H and O–H groups in total. The van der Waals surface area contributed by atoms with Crippen LogP contribution in [0.1, 0.15) is 50.5 Å². The number of aromatic carboxylic acids is 1. The van der Waals surface area contributed by atoms with Gasteiger partial charge in [0.1, 0.15) is 10.6 Å². The Morgan fingerprint density at radius 2 is 1.90 bits per heavy atom. The normalized spacial score (nSPS) is 12.3. The van der Waals surface area contributed by atoms with E-state index in [1.54, 1.807) is 7.05 Å². The topological polar surface area (TPSA) is 79.6 Å². The summed E-state index contributed by atoms with van der Waals surface area (Å²) >= 11 is 0. The molecule has 0 unspecified atom stereocenters. The van der Waals surface area contributed by atoms with Gasteiger partial charge in [0.05, 0.1) is 0 Å². The first-order chi connectivity index (χ1) is 9.79. The van der Waals surface area contributed by atoms with Gasteiger partial charge in [-0.3, -0.25) is 0 Å². The molecular formula is C14H24N2O4S. The molecule has 0 bridgehead atoms. The fourth-order valence-corrected chi connectivity index (χ4v) is 3.94. The molecule has 0 amide bonds. The van der Waals surface area contributed by atoms with E-state index in [-0.39, 0.29) is 16.6 Å². The van der Waals surface area contributed by atoms with Crippen LogP contribution in [0.2, 0.25) is 0 Å². The monoisotopic (exact) mass is 316 g/mol. The van der Waals surface area contributed by atoms with Crippen LogP contribution in [0, 0.1) is 0 Å². The zero-order chi connectivity index (χ0) is 16.2. The third-order valence-corrected chi connectivity index (χ3v) is 5.56. The summed E-state index contributed by atoms with van der Waals surface area (Å²) in [6, 6.07) is 1.16. The third kappa shape index (κ3) is 3.65. The van der Waals surface area contributed by atoms with Gasteiger partial charge in [-0.15, -0.1) is 0 Å². The smallest absolute Gasteiger partial charge is 0.352 e. The van der Waals surface area contributed by atoms with Gasteiger partial charge in [-0.2, -0.15) is 4.31 Å². The van der Waals surface area contributed by atoms with Crippen LogP contribution in [0.15, 0.2) is 17.2 Å². The zero-order valence-corrected chi connectivity index (χ0v) is 13.9. The molecule has 0 aliphatic rings. The minimum absolute atomic E-state index is 0.00775. The van der Waals surface area contributed by atoms with Gasteiger partial charge < -0.3 is 9.67 Å². The Balaban J connectivity index is 3.25. The number of carboxylic acids is 1. The van der Waals surface area contributed by atoms with E-state index >= 15 is 0 Å². The number of hydrogen-bond donors (Lipinski definition) is 1. The first-order valence-corrected chi connectivity index (χ1v) is 8.65. The van der Waals surface area contributed by atoms with Crippen molar-refractivity contribution in [3.63, 3.8) is 0 Å². The first-order valence-electron chi connectivity index (χ1n) is 7.21. The van der Waals surface area contributed by atoms with E-state index in [1.807, 2.05) is 20.8 Å². The van der Waals surface area contributed by atoms with E-state index < -0.39 is 16.0 Å². The van der Waals surface area contributed by atoms with Gasteiger partial charge in [0.25, 0.3) is 0 Å². The van der Waals surface area contributed by atoms with Gasteiger partial charge in [0.15, 0.2) is 0 Å². The van der Waals surface area contributed by atoms with Gasteiger partial charge in [0, 0.05) is 25.8 Å². The fraction of sp³-hybridized carbons (Fsp3) is 0.643.